The highest BCUT2D eigenvalue weighted by Gasteiger charge is 2.44. The second kappa shape index (κ2) is 7.73. The van der Waals surface area contributed by atoms with E-state index in [1.165, 1.54) is 0 Å². The van der Waals surface area contributed by atoms with Gasteiger partial charge < -0.3 is 10.2 Å². The van der Waals surface area contributed by atoms with E-state index in [9.17, 15) is 9.65 Å². The first-order valence-electron chi connectivity index (χ1n) is 9.25. The van der Waals surface area contributed by atoms with E-state index in [0.717, 1.165) is 35.2 Å². The SMILES string of the molecule is C=C([C@H](c1ccc(C2(C#N)CC2)cc1)c1ccc(C)c(F)c1)N(C)C(=S)NC. The second-order valence-electron chi connectivity index (χ2n) is 7.36. The number of allylic oxidation sites excluding steroid dienone is 1. The zero-order valence-electron chi connectivity index (χ0n) is 16.4. The first-order valence-corrected chi connectivity index (χ1v) is 9.66. The number of hydrogen-bond acceptors (Lipinski definition) is 2. The Morgan fingerprint density at radius 1 is 1.25 bits per heavy atom. The van der Waals surface area contributed by atoms with Crippen LogP contribution in [0.1, 0.15) is 41.0 Å². The Bertz CT molecular complexity index is 955. The summed E-state index contributed by atoms with van der Waals surface area (Å²) >= 11 is 5.36. The fourth-order valence-corrected chi connectivity index (χ4v) is 3.56. The van der Waals surface area contributed by atoms with Gasteiger partial charge in [0.05, 0.1) is 11.5 Å². The van der Waals surface area contributed by atoms with E-state index in [1.807, 2.05) is 42.3 Å². The van der Waals surface area contributed by atoms with Crippen LogP contribution in [0.5, 0.6) is 0 Å². The number of nitriles is 1. The van der Waals surface area contributed by atoms with Gasteiger partial charge in [-0.05, 0) is 60.3 Å². The molecule has 1 fully saturated rings. The Morgan fingerprint density at radius 3 is 2.36 bits per heavy atom. The summed E-state index contributed by atoms with van der Waals surface area (Å²) in [6.45, 7) is 6.00. The molecule has 1 aliphatic rings. The monoisotopic (exact) mass is 393 g/mol. The molecule has 5 heteroatoms. The van der Waals surface area contributed by atoms with E-state index in [4.69, 9.17) is 12.2 Å². The standard InChI is InChI=1S/C23H24FN3S/c1-15-5-6-18(13-20(15)24)21(16(2)27(4)22(28)26-3)17-7-9-19(10-8-17)23(14-25)11-12-23/h5-10,13,21H,2,11-12H2,1,3-4H3,(H,26,28)/t21-/m1/s1. The molecule has 0 heterocycles. The van der Waals surface area contributed by atoms with E-state index < -0.39 is 0 Å². The molecule has 0 unspecified atom stereocenters. The molecule has 0 saturated heterocycles. The van der Waals surface area contributed by atoms with Gasteiger partial charge in [-0.3, -0.25) is 0 Å². The van der Waals surface area contributed by atoms with Crippen LogP contribution in [0.4, 0.5) is 4.39 Å². The normalized spacial score (nSPS) is 15.2. The van der Waals surface area contributed by atoms with Crippen molar-refractivity contribution >= 4 is 17.3 Å². The average molecular weight is 394 g/mol. The van der Waals surface area contributed by atoms with Crippen LogP contribution in [-0.2, 0) is 5.41 Å². The maximum atomic E-state index is 14.3. The first-order chi connectivity index (χ1) is 13.3. The lowest BCUT2D eigenvalue weighted by atomic mass is 9.86. The van der Waals surface area contributed by atoms with Crippen molar-refractivity contribution in [3.8, 4) is 6.07 Å². The molecule has 1 atom stereocenters. The van der Waals surface area contributed by atoms with Gasteiger partial charge in [-0.1, -0.05) is 43.0 Å². The van der Waals surface area contributed by atoms with Crippen molar-refractivity contribution in [1.29, 1.82) is 5.26 Å². The van der Waals surface area contributed by atoms with Crippen LogP contribution in [-0.4, -0.2) is 24.1 Å². The highest BCUT2D eigenvalue weighted by molar-refractivity contribution is 7.80. The van der Waals surface area contributed by atoms with Crippen molar-refractivity contribution in [2.45, 2.75) is 31.1 Å². The minimum Gasteiger partial charge on any atom is -0.365 e. The molecule has 2 aromatic rings. The summed E-state index contributed by atoms with van der Waals surface area (Å²) in [6, 6.07) is 15.7. The molecule has 0 aliphatic heterocycles. The molecule has 0 amide bonds. The van der Waals surface area contributed by atoms with Crippen molar-refractivity contribution in [2.24, 2.45) is 0 Å². The summed E-state index contributed by atoms with van der Waals surface area (Å²) in [5, 5.41) is 12.9. The molecule has 0 spiro atoms. The molecular weight excluding hydrogens is 369 g/mol. The van der Waals surface area contributed by atoms with Gasteiger partial charge in [-0.2, -0.15) is 5.26 Å². The predicted octanol–water partition coefficient (Wildman–Crippen LogP) is 4.77. The highest BCUT2D eigenvalue weighted by Crippen LogP contribution is 2.48. The third kappa shape index (κ3) is 3.65. The number of nitrogens with one attached hydrogen (secondary N) is 1. The third-order valence-corrected chi connectivity index (χ3v) is 6.05. The molecule has 144 valence electrons. The van der Waals surface area contributed by atoms with Gasteiger partial charge >= 0.3 is 0 Å². The number of aryl methyl sites for hydroxylation is 1. The van der Waals surface area contributed by atoms with Crippen LogP contribution < -0.4 is 5.32 Å². The van der Waals surface area contributed by atoms with Crippen LogP contribution in [0.25, 0.3) is 0 Å². The number of thiocarbonyl (C=S) groups is 1. The lowest BCUT2D eigenvalue weighted by Crippen LogP contribution is -2.35. The van der Waals surface area contributed by atoms with Crippen LogP contribution in [0.3, 0.4) is 0 Å². The molecular formula is C23H24FN3S. The zero-order chi connectivity index (χ0) is 20.5. The van der Waals surface area contributed by atoms with E-state index >= 15 is 0 Å². The maximum Gasteiger partial charge on any atom is 0.172 e. The number of benzene rings is 2. The van der Waals surface area contributed by atoms with Gasteiger partial charge in [0.25, 0.3) is 0 Å². The van der Waals surface area contributed by atoms with Gasteiger partial charge in [-0.25, -0.2) is 4.39 Å². The number of halogens is 1. The Balaban J connectivity index is 2.03. The molecule has 3 nitrogen and oxygen atoms in total. The molecule has 1 N–H and O–H groups in total. The van der Waals surface area contributed by atoms with Crippen LogP contribution in [0, 0.1) is 24.1 Å². The molecule has 2 aromatic carbocycles. The van der Waals surface area contributed by atoms with Gasteiger partial charge in [0.2, 0.25) is 0 Å². The number of rotatable bonds is 5. The Labute approximate surface area is 171 Å². The minimum absolute atomic E-state index is 0.243. The van der Waals surface area contributed by atoms with Crippen LogP contribution >= 0.6 is 12.2 Å². The lowest BCUT2D eigenvalue weighted by molar-refractivity contribution is 0.569. The number of hydrogen-bond donors (Lipinski definition) is 1. The van der Waals surface area contributed by atoms with E-state index in [2.05, 4.69) is 18.0 Å². The van der Waals surface area contributed by atoms with Crippen LogP contribution in [0.2, 0.25) is 0 Å². The van der Waals surface area contributed by atoms with Crippen molar-refractivity contribution in [3.63, 3.8) is 0 Å². The summed E-state index contributed by atoms with van der Waals surface area (Å²) in [7, 11) is 3.61. The van der Waals surface area contributed by atoms with Crippen molar-refractivity contribution < 1.29 is 4.39 Å². The number of likely N-dealkylation sites (N-methyl/N-ethyl adjacent to an activating group) is 1. The third-order valence-electron chi connectivity index (χ3n) is 5.57. The molecule has 3 rings (SSSR count). The van der Waals surface area contributed by atoms with Crippen molar-refractivity contribution in [2.75, 3.05) is 14.1 Å². The molecule has 1 aliphatic carbocycles. The summed E-state index contributed by atoms with van der Waals surface area (Å²) < 4.78 is 14.3. The quantitative estimate of drug-likeness (QED) is 0.743. The zero-order valence-corrected chi connectivity index (χ0v) is 17.2. The predicted molar refractivity (Wildman–Crippen MR) is 115 cm³/mol. The molecule has 1 saturated carbocycles. The topological polar surface area (TPSA) is 39.1 Å². The second-order valence-corrected chi connectivity index (χ2v) is 7.75. The van der Waals surface area contributed by atoms with Gasteiger partial charge in [0.1, 0.15) is 5.82 Å². The highest BCUT2D eigenvalue weighted by atomic mass is 32.1. The Hall–Kier alpha value is -2.71. The molecule has 0 bridgehead atoms. The minimum atomic E-state index is -0.328. The lowest BCUT2D eigenvalue weighted by Gasteiger charge is -2.29. The number of nitrogens with zero attached hydrogens (tertiary/aromatic N) is 2. The largest absolute Gasteiger partial charge is 0.365 e. The molecule has 0 radical (unpaired) electrons. The van der Waals surface area contributed by atoms with E-state index in [0.29, 0.717) is 10.7 Å². The summed E-state index contributed by atoms with van der Waals surface area (Å²) in [5.74, 6) is -0.495. The van der Waals surface area contributed by atoms with Gasteiger partial charge in [0, 0.05) is 25.7 Å². The fraction of sp³-hybridized carbons (Fsp3) is 0.304. The Morgan fingerprint density at radius 2 is 1.86 bits per heavy atom. The van der Waals surface area contributed by atoms with E-state index in [-0.39, 0.29) is 17.2 Å². The summed E-state index contributed by atoms with van der Waals surface area (Å²) in [4.78, 5) is 1.81. The van der Waals surface area contributed by atoms with Gasteiger partial charge in [-0.15, -0.1) is 0 Å². The average Bonchev–Trinajstić information content (AvgIpc) is 3.51. The Kier molecular flexibility index (Phi) is 5.53. The van der Waals surface area contributed by atoms with Crippen molar-refractivity contribution in [3.05, 3.63) is 82.8 Å². The first kappa shape index (κ1) is 20.0. The smallest absolute Gasteiger partial charge is 0.172 e. The molecule has 28 heavy (non-hydrogen) atoms. The maximum absolute atomic E-state index is 14.3. The van der Waals surface area contributed by atoms with Crippen LogP contribution in [0.15, 0.2) is 54.7 Å². The van der Waals surface area contributed by atoms with Gasteiger partial charge in [0.15, 0.2) is 5.11 Å². The van der Waals surface area contributed by atoms with Crippen molar-refractivity contribution in [1.82, 2.24) is 10.2 Å². The fourth-order valence-electron chi connectivity index (χ4n) is 3.44. The molecule has 0 aromatic heterocycles. The van der Waals surface area contributed by atoms with E-state index in [1.54, 1.807) is 26.1 Å². The summed E-state index contributed by atoms with van der Waals surface area (Å²) in [6.07, 6.45) is 1.81. The summed E-state index contributed by atoms with van der Waals surface area (Å²) in [5.41, 5.74) is 3.86.